The van der Waals surface area contributed by atoms with Crippen molar-refractivity contribution in [2.24, 2.45) is 0 Å². The third kappa shape index (κ3) is 5.63. The second-order valence-electron chi connectivity index (χ2n) is 11.7. The zero-order chi connectivity index (χ0) is 31.0. The molecule has 6 rings (SSSR count). The number of nitriles is 1. The molecule has 0 bridgehead atoms. The lowest BCUT2D eigenvalue weighted by Crippen LogP contribution is -2.55. The molecular weight excluding hydrogens is 559 g/mol. The summed E-state index contributed by atoms with van der Waals surface area (Å²) in [6.07, 6.45) is 4.01. The van der Waals surface area contributed by atoms with Gasteiger partial charge in [-0.25, -0.2) is 9.37 Å². The van der Waals surface area contributed by atoms with Crippen molar-refractivity contribution < 1.29 is 19.0 Å². The van der Waals surface area contributed by atoms with Crippen molar-refractivity contribution in [2.75, 3.05) is 44.7 Å². The van der Waals surface area contributed by atoms with Crippen LogP contribution in [0.1, 0.15) is 24.8 Å². The minimum atomic E-state index is -1.03. The summed E-state index contributed by atoms with van der Waals surface area (Å²) in [6, 6.07) is 15.2. The SMILES string of the molecule is C=C(F)C(=O)N1CCN(c2cc(OC[C@@H]3CCCN3C)nc3cc(-c4cc(O)cc5cccc(C)c45)cnc23)CC1CC#N. The van der Waals surface area contributed by atoms with Gasteiger partial charge in [-0.15, -0.1) is 0 Å². The summed E-state index contributed by atoms with van der Waals surface area (Å²) >= 11 is 0. The quantitative estimate of drug-likeness (QED) is 0.286. The van der Waals surface area contributed by atoms with Crippen LogP contribution in [-0.2, 0) is 4.79 Å². The van der Waals surface area contributed by atoms with Crippen molar-refractivity contribution >= 4 is 33.4 Å². The first-order chi connectivity index (χ1) is 21.2. The molecule has 0 radical (unpaired) electrons. The summed E-state index contributed by atoms with van der Waals surface area (Å²) in [5.74, 6) is -1.20. The Labute approximate surface area is 255 Å². The van der Waals surface area contributed by atoms with Gasteiger partial charge in [0.25, 0.3) is 5.91 Å². The number of halogens is 1. The molecule has 44 heavy (non-hydrogen) atoms. The van der Waals surface area contributed by atoms with Crippen molar-refractivity contribution in [3.63, 3.8) is 0 Å². The number of hydrogen-bond donors (Lipinski definition) is 1. The number of phenols is 1. The topological polar surface area (TPSA) is 106 Å². The number of aromatic nitrogens is 2. The van der Waals surface area contributed by atoms with E-state index in [0.29, 0.717) is 42.7 Å². The van der Waals surface area contributed by atoms with Crippen LogP contribution in [0.15, 0.2) is 61.1 Å². The van der Waals surface area contributed by atoms with E-state index in [4.69, 9.17) is 14.7 Å². The van der Waals surface area contributed by atoms with E-state index in [2.05, 4.69) is 29.5 Å². The molecule has 10 heteroatoms. The van der Waals surface area contributed by atoms with Gasteiger partial charge in [0.15, 0.2) is 5.83 Å². The summed E-state index contributed by atoms with van der Waals surface area (Å²) in [4.78, 5) is 28.0. The number of nitrogens with zero attached hydrogens (tertiary/aromatic N) is 6. The number of amides is 1. The smallest absolute Gasteiger partial charge is 0.282 e. The number of pyridine rings is 2. The maximum Gasteiger partial charge on any atom is 0.282 e. The lowest BCUT2D eigenvalue weighted by atomic mass is 9.95. The van der Waals surface area contributed by atoms with E-state index in [1.54, 1.807) is 18.3 Å². The zero-order valence-electron chi connectivity index (χ0n) is 25.0. The highest BCUT2D eigenvalue weighted by atomic mass is 19.1. The number of phenolic OH excluding ortho intramolecular Hbond substituents is 1. The average Bonchev–Trinajstić information content (AvgIpc) is 3.43. The molecule has 226 valence electrons. The number of ether oxygens (including phenoxy) is 1. The minimum absolute atomic E-state index is 0.0530. The van der Waals surface area contributed by atoms with Crippen molar-refractivity contribution in [1.82, 2.24) is 19.8 Å². The molecule has 2 aromatic carbocycles. The Morgan fingerprint density at radius 1 is 1.20 bits per heavy atom. The summed E-state index contributed by atoms with van der Waals surface area (Å²) in [6.45, 7) is 7.69. The summed E-state index contributed by atoms with van der Waals surface area (Å²) < 4.78 is 20.1. The van der Waals surface area contributed by atoms with E-state index in [9.17, 15) is 19.6 Å². The van der Waals surface area contributed by atoms with E-state index < -0.39 is 17.8 Å². The van der Waals surface area contributed by atoms with Crippen LogP contribution in [0.25, 0.3) is 32.9 Å². The molecule has 0 aliphatic carbocycles. The van der Waals surface area contributed by atoms with Crippen molar-refractivity contribution in [1.29, 1.82) is 5.26 Å². The Hall–Kier alpha value is -4.75. The standard InChI is InChI=1S/C34H35FN6O3/c1-21-6-4-7-23-14-27(42)16-28(32(21)23)24-15-29-33(37-18-24)30(17-31(38-29)44-20-26-8-5-11-39(26)3)40-12-13-41(34(43)22(2)35)25(19-40)9-10-36/h4,6-7,14-18,25-26,42H,2,5,8-9,11-13,19-20H2,1,3H3/t25?,26-/m0/s1. The molecule has 2 aromatic heterocycles. The van der Waals surface area contributed by atoms with Gasteiger partial charge < -0.3 is 24.5 Å². The van der Waals surface area contributed by atoms with Gasteiger partial charge in [0, 0.05) is 43.5 Å². The number of aryl methyl sites for hydroxylation is 1. The number of carbonyl (C=O) groups excluding carboxylic acids is 1. The molecule has 2 atom stereocenters. The van der Waals surface area contributed by atoms with Gasteiger partial charge in [0.1, 0.15) is 17.9 Å². The van der Waals surface area contributed by atoms with Crippen LogP contribution in [0.2, 0.25) is 0 Å². The molecular formula is C34H35FN6O3. The molecule has 9 nitrogen and oxygen atoms in total. The molecule has 2 fully saturated rings. The van der Waals surface area contributed by atoms with E-state index in [0.717, 1.165) is 52.5 Å². The maximum absolute atomic E-state index is 13.8. The second kappa shape index (κ2) is 12.1. The molecule has 2 aliphatic rings. The molecule has 0 spiro atoms. The Kier molecular flexibility index (Phi) is 8.06. The molecule has 2 aliphatic heterocycles. The fourth-order valence-electron chi connectivity index (χ4n) is 6.51. The van der Waals surface area contributed by atoms with E-state index in [1.807, 2.05) is 37.3 Å². The Morgan fingerprint density at radius 3 is 2.80 bits per heavy atom. The first-order valence-corrected chi connectivity index (χ1v) is 14.9. The van der Waals surface area contributed by atoms with Crippen molar-refractivity contribution in [3.8, 4) is 28.8 Å². The first-order valence-electron chi connectivity index (χ1n) is 14.9. The van der Waals surface area contributed by atoms with Gasteiger partial charge in [-0.1, -0.05) is 24.8 Å². The summed E-state index contributed by atoms with van der Waals surface area (Å²) in [5, 5.41) is 22.0. The van der Waals surface area contributed by atoms with Gasteiger partial charge >= 0.3 is 0 Å². The number of anilines is 1. The fraction of sp³-hybridized carbons (Fsp3) is 0.353. The number of rotatable bonds is 7. The zero-order valence-corrected chi connectivity index (χ0v) is 25.0. The highest BCUT2D eigenvalue weighted by Gasteiger charge is 2.33. The fourth-order valence-corrected chi connectivity index (χ4v) is 6.51. The number of piperazine rings is 1. The van der Waals surface area contributed by atoms with Crippen LogP contribution in [0.5, 0.6) is 11.6 Å². The van der Waals surface area contributed by atoms with Crippen LogP contribution >= 0.6 is 0 Å². The van der Waals surface area contributed by atoms with Crippen LogP contribution in [0.3, 0.4) is 0 Å². The molecule has 0 saturated carbocycles. The average molecular weight is 595 g/mol. The molecule has 4 heterocycles. The van der Waals surface area contributed by atoms with Gasteiger partial charge in [-0.3, -0.25) is 9.78 Å². The minimum Gasteiger partial charge on any atom is -0.508 e. The van der Waals surface area contributed by atoms with E-state index >= 15 is 0 Å². The normalized spacial score (nSPS) is 19.0. The number of likely N-dealkylation sites (tertiary alicyclic amines) is 1. The number of fused-ring (bicyclic) bond motifs is 2. The summed E-state index contributed by atoms with van der Waals surface area (Å²) in [5.41, 5.74) is 4.76. The second-order valence-corrected chi connectivity index (χ2v) is 11.7. The van der Waals surface area contributed by atoms with Gasteiger partial charge in [-0.05, 0) is 73.5 Å². The highest BCUT2D eigenvalue weighted by Crippen LogP contribution is 2.37. The highest BCUT2D eigenvalue weighted by molar-refractivity contribution is 6.02. The van der Waals surface area contributed by atoms with Crippen molar-refractivity contribution in [3.05, 3.63) is 66.6 Å². The van der Waals surface area contributed by atoms with E-state index in [-0.39, 0.29) is 18.7 Å². The predicted molar refractivity (Wildman–Crippen MR) is 168 cm³/mol. The first kappa shape index (κ1) is 29.3. The van der Waals surface area contributed by atoms with Crippen LogP contribution in [0, 0.1) is 18.3 Å². The number of hydrogen-bond acceptors (Lipinski definition) is 8. The number of likely N-dealkylation sites (N-methyl/N-ethyl adjacent to an activating group) is 1. The van der Waals surface area contributed by atoms with Crippen molar-refractivity contribution in [2.45, 2.75) is 38.3 Å². The Balaban J connectivity index is 1.43. The lowest BCUT2D eigenvalue weighted by Gasteiger charge is -2.41. The monoisotopic (exact) mass is 594 g/mol. The third-order valence-electron chi connectivity index (χ3n) is 8.82. The van der Waals surface area contributed by atoms with Crippen LogP contribution in [0.4, 0.5) is 10.1 Å². The molecule has 1 N–H and O–H groups in total. The molecule has 1 unspecified atom stereocenters. The largest absolute Gasteiger partial charge is 0.508 e. The van der Waals surface area contributed by atoms with Gasteiger partial charge in [0.05, 0.1) is 29.7 Å². The van der Waals surface area contributed by atoms with Gasteiger partial charge in [0.2, 0.25) is 5.88 Å². The van der Waals surface area contributed by atoms with E-state index in [1.165, 1.54) is 4.90 Å². The molecule has 2 saturated heterocycles. The van der Waals surface area contributed by atoms with Crippen LogP contribution in [-0.4, -0.2) is 82.7 Å². The Bertz CT molecular complexity index is 1800. The molecule has 4 aromatic rings. The lowest BCUT2D eigenvalue weighted by molar-refractivity contribution is -0.131. The number of aromatic hydroxyl groups is 1. The number of benzene rings is 2. The Morgan fingerprint density at radius 2 is 2.05 bits per heavy atom. The number of carbonyl (C=O) groups is 1. The molecule has 1 amide bonds. The predicted octanol–water partition coefficient (Wildman–Crippen LogP) is 5.35. The van der Waals surface area contributed by atoms with Gasteiger partial charge in [-0.2, -0.15) is 5.26 Å². The maximum atomic E-state index is 13.8. The third-order valence-corrected chi connectivity index (χ3v) is 8.82. The summed E-state index contributed by atoms with van der Waals surface area (Å²) in [7, 11) is 2.10. The van der Waals surface area contributed by atoms with Crippen LogP contribution < -0.4 is 9.64 Å².